The molecular weight excluding hydrogens is 269 g/mol. The molecule has 0 radical (unpaired) electrons. The van der Waals surface area contributed by atoms with Gasteiger partial charge in [0.05, 0.1) is 11.3 Å². The molecule has 0 amide bonds. The molecule has 6 nitrogen and oxygen atoms in total. The summed E-state index contributed by atoms with van der Waals surface area (Å²) in [5.74, 6) is -1.58. The minimum Gasteiger partial charge on any atom is -0.477 e. The Morgan fingerprint density at radius 1 is 1.47 bits per heavy atom. The molecule has 1 rings (SSSR count). The van der Waals surface area contributed by atoms with Crippen LogP contribution in [0.4, 0.5) is 24.5 Å². The molecule has 0 bridgehead atoms. The molecule has 0 fully saturated rings. The maximum atomic E-state index is 12.3. The number of anilines is 1. The summed E-state index contributed by atoms with van der Waals surface area (Å²) in [6, 6.07) is 1.45. The van der Waals surface area contributed by atoms with E-state index < -0.39 is 34.7 Å². The number of carboxylic acids is 1. The van der Waals surface area contributed by atoms with Crippen molar-refractivity contribution < 1.29 is 28.0 Å². The SMILES string of the molecule is CNc1cc(C(=O)O)c([N+](=O)[O-])cc1CC(F)(F)F. The minimum atomic E-state index is -4.55. The van der Waals surface area contributed by atoms with Gasteiger partial charge < -0.3 is 10.4 Å². The molecule has 1 aromatic rings. The van der Waals surface area contributed by atoms with Gasteiger partial charge in [0, 0.05) is 18.8 Å². The first-order chi connectivity index (χ1) is 8.65. The smallest absolute Gasteiger partial charge is 0.393 e. The topological polar surface area (TPSA) is 92.5 Å². The minimum absolute atomic E-state index is 0.111. The van der Waals surface area contributed by atoms with Crippen LogP contribution < -0.4 is 5.32 Å². The predicted molar refractivity (Wildman–Crippen MR) is 59.4 cm³/mol. The lowest BCUT2D eigenvalue weighted by Gasteiger charge is -2.12. The molecule has 2 N–H and O–H groups in total. The lowest BCUT2D eigenvalue weighted by atomic mass is 10.0. The summed E-state index contributed by atoms with van der Waals surface area (Å²) >= 11 is 0. The van der Waals surface area contributed by atoms with Crippen molar-refractivity contribution in [3.8, 4) is 0 Å². The maximum absolute atomic E-state index is 12.3. The van der Waals surface area contributed by atoms with E-state index in [-0.39, 0.29) is 11.3 Å². The van der Waals surface area contributed by atoms with Crippen LogP contribution in [0.3, 0.4) is 0 Å². The Labute approximate surface area is 105 Å². The lowest BCUT2D eigenvalue weighted by molar-refractivity contribution is -0.385. The number of rotatable bonds is 4. The van der Waals surface area contributed by atoms with E-state index in [0.717, 1.165) is 6.07 Å². The van der Waals surface area contributed by atoms with E-state index in [0.29, 0.717) is 6.07 Å². The highest BCUT2D eigenvalue weighted by atomic mass is 19.4. The van der Waals surface area contributed by atoms with Gasteiger partial charge in [0.2, 0.25) is 0 Å². The standard InChI is InChI=1S/C10H9F3N2O4/c1-14-7-3-6(9(16)17)8(15(18)19)2-5(7)4-10(11,12)13/h2-3,14H,4H2,1H3,(H,16,17). The molecule has 0 aromatic heterocycles. The number of nitro benzene ring substituents is 1. The quantitative estimate of drug-likeness (QED) is 0.651. The number of carbonyl (C=O) groups is 1. The fourth-order valence-corrected chi connectivity index (χ4v) is 1.55. The molecule has 104 valence electrons. The number of hydrogen-bond donors (Lipinski definition) is 2. The second-order valence-corrected chi connectivity index (χ2v) is 3.63. The Kier molecular flexibility index (Phi) is 3.98. The van der Waals surface area contributed by atoms with Crippen LogP contribution in [0.15, 0.2) is 12.1 Å². The number of nitro groups is 1. The lowest BCUT2D eigenvalue weighted by Crippen LogP contribution is -2.14. The summed E-state index contributed by atoms with van der Waals surface area (Å²) in [6.07, 6.45) is -5.94. The van der Waals surface area contributed by atoms with Gasteiger partial charge in [-0.25, -0.2) is 4.79 Å². The number of aromatic carboxylic acids is 1. The normalized spacial score (nSPS) is 11.2. The van der Waals surface area contributed by atoms with Gasteiger partial charge in [-0.2, -0.15) is 13.2 Å². The van der Waals surface area contributed by atoms with E-state index in [4.69, 9.17) is 5.11 Å². The third kappa shape index (κ3) is 3.57. The fourth-order valence-electron chi connectivity index (χ4n) is 1.55. The van der Waals surface area contributed by atoms with Crippen molar-refractivity contribution in [2.75, 3.05) is 12.4 Å². The molecule has 0 heterocycles. The third-order valence-electron chi connectivity index (χ3n) is 2.31. The number of nitrogens with one attached hydrogen (secondary N) is 1. The van der Waals surface area contributed by atoms with Gasteiger partial charge >= 0.3 is 12.1 Å². The summed E-state index contributed by atoms with van der Waals surface area (Å²) in [6.45, 7) is 0. The van der Waals surface area contributed by atoms with Crippen molar-refractivity contribution in [1.82, 2.24) is 0 Å². The zero-order valence-corrected chi connectivity index (χ0v) is 9.61. The molecule has 19 heavy (non-hydrogen) atoms. The zero-order valence-electron chi connectivity index (χ0n) is 9.61. The van der Waals surface area contributed by atoms with E-state index in [9.17, 15) is 28.1 Å². The Morgan fingerprint density at radius 2 is 2.05 bits per heavy atom. The highest BCUT2D eigenvalue weighted by Crippen LogP contribution is 2.31. The van der Waals surface area contributed by atoms with Gasteiger partial charge in [0.1, 0.15) is 5.56 Å². The average molecular weight is 278 g/mol. The molecule has 0 saturated carbocycles. The number of nitrogens with zero attached hydrogens (tertiary/aromatic N) is 1. The average Bonchev–Trinajstić information content (AvgIpc) is 2.25. The van der Waals surface area contributed by atoms with E-state index in [1.54, 1.807) is 0 Å². The largest absolute Gasteiger partial charge is 0.477 e. The van der Waals surface area contributed by atoms with E-state index >= 15 is 0 Å². The highest BCUT2D eigenvalue weighted by molar-refractivity contribution is 5.94. The number of hydrogen-bond acceptors (Lipinski definition) is 4. The van der Waals surface area contributed by atoms with Crippen LogP contribution in [-0.4, -0.2) is 29.2 Å². The Morgan fingerprint density at radius 3 is 2.42 bits per heavy atom. The second-order valence-electron chi connectivity index (χ2n) is 3.63. The van der Waals surface area contributed by atoms with Crippen LogP contribution in [0.25, 0.3) is 0 Å². The summed E-state index contributed by atoms with van der Waals surface area (Å²) in [5, 5.41) is 21.9. The molecule has 9 heteroatoms. The number of halogens is 3. The van der Waals surface area contributed by atoms with E-state index in [1.807, 2.05) is 0 Å². The Bertz CT molecular complexity index is 528. The zero-order chi connectivity index (χ0) is 14.8. The fraction of sp³-hybridized carbons (Fsp3) is 0.300. The monoisotopic (exact) mass is 278 g/mol. The molecule has 0 unspecified atom stereocenters. The first-order valence-corrected chi connectivity index (χ1v) is 4.95. The summed E-state index contributed by atoms with van der Waals surface area (Å²) < 4.78 is 37.0. The van der Waals surface area contributed by atoms with Crippen molar-refractivity contribution in [3.05, 3.63) is 33.4 Å². The van der Waals surface area contributed by atoms with Crippen LogP contribution in [0, 0.1) is 10.1 Å². The van der Waals surface area contributed by atoms with Crippen LogP contribution >= 0.6 is 0 Å². The highest BCUT2D eigenvalue weighted by Gasteiger charge is 2.31. The molecule has 0 aliphatic carbocycles. The molecule has 0 atom stereocenters. The third-order valence-corrected chi connectivity index (χ3v) is 2.31. The van der Waals surface area contributed by atoms with Crippen molar-refractivity contribution in [2.24, 2.45) is 0 Å². The number of benzene rings is 1. The van der Waals surface area contributed by atoms with Crippen LogP contribution in [0.5, 0.6) is 0 Å². The van der Waals surface area contributed by atoms with E-state index in [1.165, 1.54) is 7.05 Å². The van der Waals surface area contributed by atoms with Gasteiger partial charge in [-0.1, -0.05) is 0 Å². The van der Waals surface area contributed by atoms with Gasteiger partial charge in [-0.15, -0.1) is 0 Å². The Hall–Kier alpha value is -2.32. The molecule has 0 spiro atoms. The van der Waals surface area contributed by atoms with Gasteiger partial charge in [-0.05, 0) is 11.6 Å². The van der Waals surface area contributed by atoms with Crippen molar-refractivity contribution in [2.45, 2.75) is 12.6 Å². The van der Waals surface area contributed by atoms with Crippen LogP contribution in [0.1, 0.15) is 15.9 Å². The molecule has 0 saturated heterocycles. The summed E-state index contributed by atoms with van der Waals surface area (Å²) in [7, 11) is 1.30. The number of alkyl halides is 3. The maximum Gasteiger partial charge on any atom is 0.393 e. The van der Waals surface area contributed by atoms with E-state index in [2.05, 4.69) is 5.32 Å². The first kappa shape index (κ1) is 14.7. The van der Waals surface area contributed by atoms with Crippen molar-refractivity contribution in [1.29, 1.82) is 0 Å². The van der Waals surface area contributed by atoms with Crippen molar-refractivity contribution >= 4 is 17.3 Å². The molecule has 1 aromatic carbocycles. The predicted octanol–water partition coefficient (Wildman–Crippen LogP) is 2.44. The molecule has 0 aliphatic heterocycles. The summed E-state index contributed by atoms with van der Waals surface area (Å²) in [4.78, 5) is 20.5. The van der Waals surface area contributed by atoms with Crippen molar-refractivity contribution in [3.63, 3.8) is 0 Å². The Balaban J connectivity index is 3.44. The first-order valence-electron chi connectivity index (χ1n) is 4.95. The molecule has 0 aliphatic rings. The number of carboxylic acid groups (broad SMARTS) is 1. The van der Waals surface area contributed by atoms with Crippen LogP contribution in [-0.2, 0) is 6.42 Å². The van der Waals surface area contributed by atoms with Gasteiger partial charge in [-0.3, -0.25) is 10.1 Å². The second kappa shape index (κ2) is 5.12. The summed E-state index contributed by atoms with van der Waals surface area (Å²) in [5.41, 5.74) is -2.03. The van der Waals surface area contributed by atoms with Gasteiger partial charge in [0.25, 0.3) is 5.69 Å². The molecular formula is C10H9F3N2O4. The van der Waals surface area contributed by atoms with Gasteiger partial charge in [0.15, 0.2) is 0 Å². The van der Waals surface area contributed by atoms with Crippen LogP contribution in [0.2, 0.25) is 0 Å².